The molecule has 0 aromatic heterocycles. The molecule has 1 N–H and O–H groups in total. The SMILES string of the molecule is COC(C)CNCc1cccc(Cl)c1Cl. The molecule has 0 aliphatic heterocycles. The first-order valence-electron chi connectivity index (χ1n) is 4.81. The molecule has 1 aromatic rings. The van der Waals surface area contributed by atoms with Gasteiger partial charge in [-0.2, -0.15) is 0 Å². The Morgan fingerprint density at radius 1 is 1.40 bits per heavy atom. The van der Waals surface area contributed by atoms with Gasteiger partial charge in [0.2, 0.25) is 0 Å². The molecule has 1 rings (SSSR count). The molecule has 2 nitrogen and oxygen atoms in total. The molecule has 4 heteroatoms. The summed E-state index contributed by atoms with van der Waals surface area (Å²) in [5.74, 6) is 0. The Labute approximate surface area is 101 Å². The molecule has 15 heavy (non-hydrogen) atoms. The fourth-order valence-electron chi connectivity index (χ4n) is 1.18. The Morgan fingerprint density at radius 3 is 2.80 bits per heavy atom. The van der Waals surface area contributed by atoms with Gasteiger partial charge in [0.1, 0.15) is 0 Å². The molecule has 0 spiro atoms. The van der Waals surface area contributed by atoms with Crippen LogP contribution in [0.4, 0.5) is 0 Å². The van der Waals surface area contributed by atoms with Crippen LogP contribution < -0.4 is 5.32 Å². The molecule has 0 aliphatic rings. The minimum Gasteiger partial charge on any atom is -0.380 e. The van der Waals surface area contributed by atoms with E-state index in [1.54, 1.807) is 13.2 Å². The van der Waals surface area contributed by atoms with Crippen molar-refractivity contribution in [3.63, 3.8) is 0 Å². The van der Waals surface area contributed by atoms with Gasteiger partial charge in [0.25, 0.3) is 0 Å². The zero-order valence-electron chi connectivity index (χ0n) is 8.89. The maximum Gasteiger partial charge on any atom is 0.0667 e. The smallest absolute Gasteiger partial charge is 0.0667 e. The molecule has 1 unspecified atom stereocenters. The van der Waals surface area contributed by atoms with Crippen LogP contribution in [-0.2, 0) is 11.3 Å². The third kappa shape index (κ3) is 3.99. The monoisotopic (exact) mass is 247 g/mol. The Morgan fingerprint density at radius 2 is 2.13 bits per heavy atom. The highest BCUT2D eigenvalue weighted by atomic mass is 35.5. The van der Waals surface area contributed by atoms with Crippen LogP contribution in [0.3, 0.4) is 0 Å². The van der Waals surface area contributed by atoms with E-state index in [9.17, 15) is 0 Å². The predicted molar refractivity (Wildman–Crippen MR) is 64.6 cm³/mol. The van der Waals surface area contributed by atoms with Crippen LogP contribution >= 0.6 is 23.2 Å². The van der Waals surface area contributed by atoms with Crippen molar-refractivity contribution in [1.82, 2.24) is 5.32 Å². The van der Waals surface area contributed by atoms with Gasteiger partial charge < -0.3 is 10.1 Å². The Bertz CT molecular complexity index is 317. The summed E-state index contributed by atoms with van der Waals surface area (Å²) in [4.78, 5) is 0. The first kappa shape index (κ1) is 12.8. The van der Waals surface area contributed by atoms with Crippen molar-refractivity contribution in [2.75, 3.05) is 13.7 Å². The molecule has 0 saturated carbocycles. The van der Waals surface area contributed by atoms with E-state index < -0.39 is 0 Å². The van der Waals surface area contributed by atoms with Crippen molar-refractivity contribution in [2.45, 2.75) is 19.6 Å². The van der Waals surface area contributed by atoms with Crippen LogP contribution in [0.15, 0.2) is 18.2 Å². The Kier molecular flexibility index (Phi) is 5.40. The summed E-state index contributed by atoms with van der Waals surface area (Å²) < 4.78 is 5.12. The lowest BCUT2D eigenvalue weighted by Crippen LogP contribution is -2.25. The van der Waals surface area contributed by atoms with Gasteiger partial charge in [-0.25, -0.2) is 0 Å². The quantitative estimate of drug-likeness (QED) is 0.864. The molecule has 0 radical (unpaired) electrons. The van der Waals surface area contributed by atoms with Crippen molar-refractivity contribution in [3.05, 3.63) is 33.8 Å². The third-order valence-corrected chi connectivity index (χ3v) is 3.04. The van der Waals surface area contributed by atoms with Crippen molar-refractivity contribution in [1.29, 1.82) is 0 Å². The van der Waals surface area contributed by atoms with E-state index in [0.717, 1.165) is 12.1 Å². The topological polar surface area (TPSA) is 21.3 Å². The maximum absolute atomic E-state index is 6.04. The van der Waals surface area contributed by atoms with Gasteiger partial charge in [-0.1, -0.05) is 35.3 Å². The van der Waals surface area contributed by atoms with E-state index in [1.165, 1.54) is 0 Å². The first-order valence-corrected chi connectivity index (χ1v) is 5.57. The summed E-state index contributed by atoms with van der Waals surface area (Å²) in [5, 5.41) is 4.47. The molecule has 0 aliphatic carbocycles. The number of hydrogen-bond acceptors (Lipinski definition) is 2. The average molecular weight is 248 g/mol. The molecule has 0 heterocycles. The minimum atomic E-state index is 0.197. The fraction of sp³-hybridized carbons (Fsp3) is 0.455. The van der Waals surface area contributed by atoms with Crippen LogP contribution in [0.25, 0.3) is 0 Å². The summed E-state index contributed by atoms with van der Waals surface area (Å²) in [6, 6.07) is 5.63. The second kappa shape index (κ2) is 6.33. The lowest BCUT2D eigenvalue weighted by molar-refractivity contribution is 0.117. The first-order chi connectivity index (χ1) is 7.15. The lowest BCUT2D eigenvalue weighted by Gasteiger charge is -2.11. The van der Waals surface area contributed by atoms with Crippen LogP contribution in [-0.4, -0.2) is 19.8 Å². The predicted octanol–water partition coefficient (Wildman–Crippen LogP) is 3.12. The molecular formula is C11H15Cl2NO. The molecule has 1 atom stereocenters. The summed E-state index contributed by atoms with van der Waals surface area (Å²) >= 11 is 11.9. The highest BCUT2D eigenvalue weighted by molar-refractivity contribution is 6.42. The van der Waals surface area contributed by atoms with E-state index in [1.807, 2.05) is 19.1 Å². The molecule has 0 fully saturated rings. The van der Waals surface area contributed by atoms with Crippen LogP contribution in [0.1, 0.15) is 12.5 Å². The van der Waals surface area contributed by atoms with Crippen LogP contribution in [0.2, 0.25) is 10.0 Å². The van der Waals surface area contributed by atoms with E-state index in [2.05, 4.69) is 5.32 Å². The molecule has 0 amide bonds. The van der Waals surface area contributed by atoms with E-state index in [0.29, 0.717) is 16.6 Å². The largest absolute Gasteiger partial charge is 0.380 e. The number of rotatable bonds is 5. The number of benzene rings is 1. The summed E-state index contributed by atoms with van der Waals surface area (Å²) in [5.41, 5.74) is 1.01. The van der Waals surface area contributed by atoms with Crippen molar-refractivity contribution < 1.29 is 4.74 Å². The molecule has 0 bridgehead atoms. The summed E-state index contributed by atoms with van der Waals surface area (Å²) in [6.45, 7) is 3.50. The Hall–Kier alpha value is -0.280. The standard InChI is InChI=1S/C11H15Cl2NO/c1-8(15-2)6-14-7-9-4-3-5-10(12)11(9)13/h3-5,8,14H,6-7H2,1-2H3. The second-order valence-electron chi connectivity index (χ2n) is 3.39. The molecule has 84 valence electrons. The molecular weight excluding hydrogens is 233 g/mol. The van der Waals surface area contributed by atoms with Gasteiger partial charge in [-0.15, -0.1) is 0 Å². The van der Waals surface area contributed by atoms with Gasteiger partial charge in [-0.3, -0.25) is 0 Å². The van der Waals surface area contributed by atoms with Crippen molar-refractivity contribution in [2.24, 2.45) is 0 Å². The summed E-state index contributed by atoms with van der Waals surface area (Å²) in [6.07, 6.45) is 0.197. The van der Waals surface area contributed by atoms with Gasteiger partial charge in [0.05, 0.1) is 16.1 Å². The van der Waals surface area contributed by atoms with Crippen molar-refractivity contribution in [3.8, 4) is 0 Å². The van der Waals surface area contributed by atoms with E-state index >= 15 is 0 Å². The van der Waals surface area contributed by atoms with Gasteiger partial charge in [0.15, 0.2) is 0 Å². The number of methoxy groups -OCH3 is 1. The van der Waals surface area contributed by atoms with E-state index in [-0.39, 0.29) is 6.10 Å². The number of hydrogen-bond donors (Lipinski definition) is 1. The van der Waals surface area contributed by atoms with E-state index in [4.69, 9.17) is 27.9 Å². The number of ether oxygens (including phenoxy) is 1. The molecule has 1 aromatic carbocycles. The highest BCUT2D eigenvalue weighted by Gasteiger charge is 2.04. The van der Waals surface area contributed by atoms with Gasteiger partial charge in [0, 0.05) is 20.2 Å². The minimum absolute atomic E-state index is 0.197. The third-order valence-electron chi connectivity index (χ3n) is 2.18. The zero-order valence-corrected chi connectivity index (χ0v) is 10.4. The maximum atomic E-state index is 6.04. The van der Waals surface area contributed by atoms with Gasteiger partial charge in [-0.05, 0) is 18.6 Å². The lowest BCUT2D eigenvalue weighted by atomic mass is 10.2. The van der Waals surface area contributed by atoms with Crippen LogP contribution in [0.5, 0.6) is 0 Å². The highest BCUT2D eigenvalue weighted by Crippen LogP contribution is 2.25. The summed E-state index contributed by atoms with van der Waals surface area (Å²) in [7, 11) is 1.69. The number of nitrogens with one attached hydrogen (secondary N) is 1. The Balaban J connectivity index is 2.47. The van der Waals surface area contributed by atoms with Crippen LogP contribution in [0, 0.1) is 0 Å². The fourth-order valence-corrected chi connectivity index (χ4v) is 1.57. The molecule has 0 saturated heterocycles. The second-order valence-corrected chi connectivity index (χ2v) is 4.18. The average Bonchev–Trinajstić information content (AvgIpc) is 2.24. The normalized spacial score (nSPS) is 12.8. The van der Waals surface area contributed by atoms with Crippen molar-refractivity contribution >= 4 is 23.2 Å². The van der Waals surface area contributed by atoms with Gasteiger partial charge >= 0.3 is 0 Å². The number of halogens is 2. The zero-order chi connectivity index (χ0) is 11.3.